The van der Waals surface area contributed by atoms with Crippen molar-refractivity contribution in [2.24, 2.45) is 9.98 Å². The lowest BCUT2D eigenvalue weighted by molar-refractivity contribution is 0.709. The average molecular weight is 194 g/mol. The molecule has 2 aliphatic heterocycles. The van der Waals surface area contributed by atoms with E-state index in [4.69, 9.17) is 0 Å². The Labute approximate surface area is 84.9 Å². The Balaban J connectivity index is 1.75. The fourth-order valence-electron chi connectivity index (χ4n) is 1.73. The molecule has 0 radical (unpaired) electrons. The van der Waals surface area contributed by atoms with Gasteiger partial charge < -0.3 is 10.6 Å². The SMILES string of the molecule is C1CN=C(CCC2=NCCCN2)NC1. The lowest BCUT2D eigenvalue weighted by Gasteiger charge is -2.17. The summed E-state index contributed by atoms with van der Waals surface area (Å²) in [5, 5.41) is 6.65. The molecule has 0 atom stereocenters. The zero-order chi connectivity index (χ0) is 9.64. The van der Waals surface area contributed by atoms with E-state index in [1.165, 1.54) is 12.8 Å². The number of aliphatic imine (C=N–C) groups is 2. The molecule has 2 N–H and O–H groups in total. The molecule has 2 aliphatic rings. The van der Waals surface area contributed by atoms with Crippen molar-refractivity contribution in [3.8, 4) is 0 Å². The number of rotatable bonds is 3. The van der Waals surface area contributed by atoms with Gasteiger partial charge in [-0.25, -0.2) is 0 Å². The van der Waals surface area contributed by atoms with Crippen molar-refractivity contribution in [3.05, 3.63) is 0 Å². The number of amidine groups is 2. The molecule has 4 nitrogen and oxygen atoms in total. The van der Waals surface area contributed by atoms with Crippen LogP contribution in [0.2, 0.25) is 0 Å². The molecule has 14 heavy (non-hydrogen) atoms. The summed E-state index contributed by atoms with van der Waals surface area (Å²) in [5.74, 6) is 2.32. The van der Waals surface area contributed by atoms with Crippen molar-refractivity contribution in [2.45, 2.75) is 25.7 Å². The minimum absolute atomic E-state index is 0.988. The van der Waals surface area contributed by atoms with E-state index in [2.05, 4.69) is 20.6 Å². The summed E-state index contributed by atoms with van der Waals surface area (Å²) in [6.45, 7) is 4.14. The molecule has 2 heterocycles. The Kier molecular flexibility index (Phi) is 3.38. The van der Waals surface area contributed by atoms with Gasteiger partial charge in [0, 0.05) is 39.0 Å². The van der Waals surface area contributed by atoms with E-state index in [1.807, 2.05) is 0 Å². The maximum absolute atomic E-state index is 4.44. The third-order valence-corrected chi connectivity index (χ3v) is 2.53. The maximum Gasteiger partial charge on any atom is 0.0967 e. The summed E-state index contributed by atoms with van der Waals surface area (Å²) in [6, 6.07) is 0. The Morgan fingerprint density at radius 1 is 0.857 bits per heavy atom. The molecular formula is C10H18N4. The first-order valence-electron chi connectivity index (χ1n) is 5.49. The van der Waals surface area contributed by atoms with Crippen LogP contribution >= 0.6 is 0 Å². The van der Waals surface area contributed by atoms with Gasteiger partial charge in [0.05, 0.1) is 11.7 Å². The number of hydrogen-bond donors (Lipinski definition) is 2. The second-order valence-corrected chi connectivity index (χ2v) is 3.72. The van der Waals surface area contributed by atoms with Gasteiger partial charge in [-0.15, -0.1) is 0 Å². The predicted octanol–water partition coefficient (Wildman–Crippen LogP) is 0.550. The summed E-state index contributed by atoms with van der Waals surface area (Å²) >= 11 is 0. The highest BCUT2D eigenvalue weighted by atomic mass is 15.0. The van der Waals surface area contributed by atoms with Crippen LogP contribution in [0.5, 0.6) is 0 Å². The second kappa shape index (κ2) is 4.98. The molecule has 0 spiro atoms. The normalized spacial score (nSPS) is 21.7. The molecule has 0 bridgehead atoms. The van der Waals surface area contributed by atoms with Gasteiger partial charge in [0.25, 0.3) is 0 Å². The monoisotopic (exact) mass is 194 g/mol. The molecule has 0 saturated carbocycles. The van der Waals surface area contributed by atoms with Gasteiger partial charge in [-0.3, -0.25) is 9.98 Å². The highest BCUT2D eigenvalue weighted by Gasteiger charge is 2.07. The van der Waals surface area contributed by atoms with Crippen LogP contribution < -0.4 is 10.6 Å². The Morgan fingerprint density at radius 3 is 1.71 bits per heavy atom. The lowest BCUT2D eigenvalue weighted by atomic mass is 10.2. The number of nitrogens with one attached hydrogen (secondary N) is 2. The van der Waals surface area contributed by atoms with Gasteiger partial charge in [0.15, 0.2) is 0 Å². The highest BCUT2D eigenvalue weighted by molar-refractivity contribution is 5.89. The van der Waals surface area contributed by atoms with Crippen LogP contribution in [0.15, 0.2) is 9.98 Å². The smallest absolute Gasteiger partial charge is 0.0967 e. The van der Waals surface area contributed by atoms with Crippen LogP contribution in [0.4, 0.5) is 0 Å². The van der Waals surface area contributed by atoms with E-state index in [-0.39, 0.29) is 0 Å². The van der Waals surface area contributed by atoms with Crippen LogP contribution in [0.3, 0.4) is 0 Å². The first-order valence-corrected chi connectivity index (χ1v) is 5.49. The molecular weight excluding hydrogens is 176 g/mol. The summed E-state index contributed by atoms with van der Waals surface area (Å²) in [6.07, 6.45) is 4.35. The predicted molar refractivity (Wildman–Crippen MR) is 59.1 cm³/mol. The number of nitrogens with zero attached hydrogens (tertiary/aromatic N) is 2. The van der Waals surface area contributed by atoms with Crippen molar-refractivity contribution in [2.75, 3.05) is 26.2 Å². The largest absolute Gasteiger partial charge is 0.374 e. The summed E-state index contributed by atoms with van der Waals surface area (Å²) in [7, 11) is 0. The van der Waals surface area contributed by atoms with E-state index in [0.29, 0.717) is 0 Å². The molecule has 0 aliphatic carbocycles. The van der Waals surface area contributed by atoms with Crippen LogP contribution in [0.1, 0.15) is 25.7 Å². The topological polar surface area (TPSA) is 48.8 Å². The third kappa shape index (κ3) is 2.72. The quantitative estimate of drug-likeness (QED) is 0.689. The minimum Gasteiger partial charge on any atom is -0.374 e. The van der Waals surface area contributed by atoms with Crippen LogP contribution in [-0.4, -0.2) is 37.9 Å². The van der Waals surface area contributed by atoms with E-state index in [9.17, 15) is 0 Å². The van der Waals surface area contributed by atoms with Crippen molar-refractivity contribution in [1.29, 1.82) is 0 Å². The molecule has 0 aromatic carbocycles. The fraction of sp³-hybridized carbons (Fsp3) is 0.800. The fourth-order valence-corrected chi connectivity index (χ4v) is 1.73. The van der Waals surface area contributed by atoms with E-state index in [1.54, 1.807) is 0 Å². The third-order valence-electron chi connectivity index (χ3n) is 2.53. The Morgan fingerprint density at radius 2 is 1.36 bits per heavy atom. The average Bonchev–Trinajstić information content (AvgIpc) is 2.29. The number of hydrogen-bond acceptors (Lipinski definition) is 4. The first kappa shape index (κ1) is 9.49. The van der Waals surface area contributed by atoms with Crippen LogP contribution in [-0.2, 0) is 0 Å². The molecule has 4 heteroatoms. The molecule has 0 fully saturated rings. The summed E-state index contributed by atoms with van der Waals surface area (Å²) in [5.41, 5.74) is 0. The van der Waals surface area contributed by atoms with Gasteiger partial charge in [0.2, 0.25) is 0 Å². The van der Waals surface area contributed by atoms with E-state index >= 15 is 0 Å². The minimum atomic E-state index is 0.988. The van der Waals surface area contributed by atoms with E-state index in [0.717, 1.165) is 50.7 Å². The summed E-state index contributed by atoms with van der Waals surface area (Å²) in [4.78, 5) is 8.87. The van der Waals surface area contributed by atoms with Gasteiger partial charge in [0.1, 0.15) is 0 Å². The lowest BCUT2D eigenvalue weighted by Crippen LogP contribution is -2.33. The molecule has 78 valence electrons. The van der Waals surface area contributed by atoms with Crippen LogP contribution in [0.25, 0.3) is 0 Å². The van der Waals surface area contributed by atoms with Gasteiger partial charge in [-0.2, -0.15) is 0 Å². The first-order chi connectivity index (χ1) is 6.95. The van der Waals surface area contributed by atoms with Crippen molar-refractivity contribution < 1.29 is 0 Å². The molecule has 0 aromatic rings. The highest BCUT2D eigenvalue weighted by Crippen LogP contribution is 2.00. The van der Waals surface area contributed by atoms with Crippen molar-refractivity contribution in [1.82, 2.24) is 10.6 Å². The summed E-state index contributed by atoms with van der Waals surface area (Å²) < 4.78 is 0. The molecule has 0 amide bonds. The van der Waals surface area contributed by atoms with Gasteiger partial charge >= 0.3 is 0 Å². The van der Waals surface area contributed by atoms with Gasteiger partial charge in [-0.1, -0.05) is 0 Å². The van der Waals surface area contributed by atoms with Crippen molar-refractivity contribution >= 4 is 11.7 Å². The standard InChI is InChI=1S/C10H18N4/c1-5-11-9(12-6-1)3-4-10-13-7-2-8-14-10/h1-8H2,(H,11,12)(H,13,14). The van der Waals surface area contributed by atoms with E-state index < -0.39 is 0 Å². The molecule has 0 aromatic heterocycles. The zero-order valence-electron chi connectivity index (χ0n) is 8.55. The molecule has 0 unspecified atom stereocenters. The molecule has 2 rings (SSSR count). The van der Waals surface area contributed by atoms with Gasteiger partial charge in [-0.05, 0) is 12.8 Å². The Hall–Kier alpha value is -1.06. The Bertz CT molecular complexity index is 219. The zero-order valence-corrected chi connectivity index (χ0v) is 8.55. The maximum atomic E-state index is 4.44. The van der Waals surface area contributed by atoms with Crippen LogP contribution in [0, 0.1) is 0 Å². The molecule has 0 saturated heterocycles. The second-order valence-electron chi connectivity index (χ2n) is 3.72. The van der Waals surface area contributed by atoms with Crippen molar-refractivity contribution in [3.63, 3.8) is 0 Å².